The number of nitrogens with zero attached hydrogens (tertiary/aromatic N) is 1. The van der Waals surface area contributed by atoms with E-state index in [4.69, 9.17) is 15.6 Å². The molecular weight excluding hydrogens is 270 g/mol. The number of aliphatic carboxylic acids is 1. The highest BCUT2D eigenvalue weighted by Gasteiger charge is 2.18. The number of hydrogen-bond donors (Lipinski definition) is 3. The van der Waals surface area contributed by atoms with E-state index in [0.29, 0.717) is 18.8 Å². The molecule has 5 N–H and O–H groups in total. The van der Waals surface area contributed by atoms with E-state index in [1.165, 1.54) is 0 Å². The molecule has 6 nitrogen and oxygen atoms in total. The average Bonchev–Trinajstić information content (AvgIpc) is 2.49. The molecular formula is C15H20N3O3+. The van der Waals surface area contributed by atoms with Gasteiger partial charge >= 0.3 is 5.97 Å². The SMILES string of the molecule is COc1ccc(C2=CC=C(N)N(CCCC(=O)O)[NH2+]2)cc1. The summed E-state index contributed by atoms with van der Waals surface area (Å²) in [6.07, 6.45) is 4.47. The molecule has 2 rings (SSSR count). The molecule has 0 spiro atoms. The van der Waals surface area contributed by atoms with Crippen LogP contribution in [0.3, 0.4) is 0 Å². The van der Waals surface area contributed by atoms with E-state index < -0.39 is 5.97 Å². The van der Waals surface area contributed by atoms with Crippen molar-refractivity contribution in [3.8, 4) is 5.75 Å². The van der Waals surface area contributed by atoms with E-state index in [9.17, 15) is 4.79 Å². The number of nitrogens with two attached hydrogens (primary N) is 2. The minimum Gasteiger partial charge on any atom is -0.497 e. The predicted octanol–water partition coefficient (Wildman–Crippen LogP) is 0.495. The number of methoxy groups -OCH3 is 1. The molecule has 0 saturated carbocycles. The molecule has 0 atom stereocenters. The van der Waals surface area contributed by atoms with Crippen molar-refractivity contribution in [2.75, 3.05) is 13.7 Å². The van der Waals surface area contributed by atoms with Crippen LogP contribution in [0.1, 0.15) is 18.4 Å². The standard InChI is InChI=1S/C15H19N3O3/c1-21-12-6-4-11(5-7-12)13-8-9-14(16)18(17-13)10-2-3-15(19)20/h4-9,17H,2-3,10,16H2,1H3,(H,19,20)/p+1. The summed E-state index contributed by atoms with van der Waals surface area (Å²) < 4.78 is 5.14. The van der Waals surface area contributed by atoms with Crippen LogP contribution in [0.5, 0.6) is 5.75 Å². The highest BCUT2D eigenvalue weighted by atomic mass is 16.5. The molecule has 1 heterocycles. The molecule has 0 fully saturated rings. The molecule has 1 aromatic carbocycles. The number of carboxylic acid groups (broad SMARTS) is 1. The van der Waals surface area contributed by atoms with Gasteiger partial charge in [0, 0.05) is 18.1 Å². The van der Waals surface area contributed by atoms with Gasteiger partial charge in [-0.1, -0.05) is 0 Å². The second kappa shape index (κ2) is 6.81. The van der Waals surface area contributed by atoms with Crippen LogP contribution in [0, 0.1) is 0 Å². The molecule has 1 aliphatic rings. The van der Waals surface area contributed by atoms with Crippen molar-refractivity contribution in [2.24, 2.45) is 5.73 Å². The Morgan fingerprint density at radius 1 is 1.33 bits per heavy atom. The fourth-order valence-corrected chi connectivity index (χ4v) is 2.10. The van der Waals surface area contributed by atoms with Crippen LogP contribution in [-0.4, -0.2) is 29.7 Å². The van der Waals surface area contributed by atoms with Crippen LogP contribution in [-0.2, 0) is 4.79 Å². The highest BCUT2D eigenvalue weighted by molar-refractivity contribution is 5.66. The first-order chi connectivity index (χ1) is 10.1. The van der Waals surface area contributed by atoms with Gasteiger partial charge in [0.2, 0.25) is 0 Å². The third-order valence-electron chi connectivity index (χ3n) is 3.27. The quantitative estimate of drug-likeness (QED) is 0.663. The molecule has 0 unspecified atom stereocenters. The van der Waals surface area contributed by atoms with Crippen LogP contribution in [0.25, 0.3) is 5.70 Å². The minimum absolute atomic E-state index is 0.138. The van der Waals surface area contributed by atoms with Gasteiger partial charge in [-0.25, -0.2) is 10.4 Å². The van der Waals surface area contributed by atoms with Crippen LogP contribution in [0.15, 0.2) is 42.2 Å². The van der Waals surface area contributed by atoms with Crippen LogP contribution in [0.4, 0.5) is 0 Å². The van der Waals surface area contributed by atoms with E-state index in [-0.39, 0.29) is 6.42 Å². The van der Waals surface area contributed by atoms with E-state index in [1.807, 2.05) is 46.9 Å². The maximum atomic E-state index is 10.6. The summed E-state index contributed by atoms with van der Waals surface area (Å²) in [5.41, 5.74) is 9.96. The molecule has 1 aliphatic heterocycles. The van der Waals surface area contributed by atoms with Crippen molar-refractivity contribution >= 4 is 11.7 Å². The molecule has 1 aromatic rings. The molecule has 0 saturated heterocycles. The third kappa shape index (κ3) is 4.00. The van der Waals surface area contributed by atoms with Crippen molar-refractivity contribution < 1.29 is 20.1 Å². The Morgan fingerprint density at radius 2 is 2.05 bits per heavy atom. The minimum atomic E-state index is -0.791. The zero-order valence-electron chi connectivity index (χ0n) is 12.0. The summed E-state index contributed by atoms with van der Waals surface area (Å²) in [7, 11) is 1.63. The topological polar surface area (TPSA) is 92.4 Å². The van der Waals surface area contributed by atoms with Gasteiger partial charge in [-0.05, 0) is 36.8 Å². The Labute approximate surface area is 123 Å². The van der Waals surface area contributed by atoms with Gasteiger partial charge in [-0.2, -0.15) is 0 Å². The van der Waals surface area contributed by atoms with Crippen molar-refractivity contribution in [3.05, 3.63) is 47.8 Å². The van der Waals surface area contributed by atoms with E-state index in [2.05, 4.69) is 0 Å². The Kier molecular flexibility index (Phi) is 4.84. The van der Waals surface area contributed by atoms with Gasteiger partial charge in [-0.3, -0.25) is 4.79 Å². The van der Waals surface area contributed by atoms with E-state index in [0.717, 1.165) is 17.0 Å². The summed E-state index contributed by atoms with van der Waals surface area (Å²) in [6.45, 7) is 0.585. The highest BCUT2D eigenvalue weighted by Crippen LogP contribution is 2.16. The van der Waals surface area contributed by atoms with Gasteiger partial charge < -0.3 is 15.6 Å². The van der Waals surface area contributed by atoms with E-state index in [1.54, 1.807) is 7.11 Å². The van der Waals surface area contributed by atoms with Gasteiger partial charge in [0.15, 0.2) is 5.70 Å². The Balaban J connectivity index is 2.03. The summed E-state index contributed by atoms with van der Waals surface area (Å²) in [4.78, 5) is 10.6. The Bertz CT molecular complexity index is 564. The fraction of sp³-hybridized carbons (Fsp3) is 0.267. The number of quaternary nitrogens is 1. The van der Waals surface area contributed by atoms with Crippen molar-refractivity contribution in [1.29, 1.82) is 0 Å². The van der Waals surface area contributed by atoms with Crippen molar-refractivity contribution in [1.82, 2.24) is 5.01 Å². The molecule has 0 amide bonds. The molecule has 0 bridgehead atoms. The zero-order chi connectivity index (χ0) is 15.2. The molecule has 21 heavy (non-hydrogen) atoms. The Morgan fingerprint density at radius 3 is 2.67 bits per heavy atom. The largest absolute Gasteiger partial charge is 0.497 e. The molecule has 0 aliphatic carbocycles. The lowest BCUT2D eigenvalue weighted by Gasteiger charge is -2.25. The number of allylic oxidation sites excluding steroid dienone is 2. The number of benzene rings is 1. The maximum absolute atomic E-state index is 10.6. The molecule has 112 valence electrons. The zero-order valence-corrected chi connectivity index (χ0v) is 12.0. The summed E-state index contributed by atoms with van der Waals surface area (Å²) >= 11 is 0. The monoisotopic (exact) mass is 290 g/mol. The molecule has 0 radical (unpaired) electrons. The van der Waals surface area contributed by atoms with Crippen LogP contribution < -0.4 is 15.9 Å². The van der Waals surface area contributed by atoms with Crippen LogP contribution in [0.2, 0.25) is 0 Å². The Hall–Kier alpha value is -2.47. The lowest BCUT2D eigenvalue weighted by Crippen LogP contribution is -2.92. The van der Waals surface area contributed by atoms with Gasteiger partial charge in [0.1, 0.15) is 11.6 Å². The summed E-state index contributed by atoms with van der Waals surface area (Å²) in [5, 5.41) is 10.6. The first-order valence-corrected chi connectivity index (χ1v) is 6.75. The lowest BCUT2D eigenvalue weighted by molar-refractivity contribution is -0.722. The number of rotatable bonds is 6. The van der Waals surface area contributed by atoms with Gasteiger partial charge in [0.05, 0.1) is 13.7 Å². The molecule has 6 heteroatoms. The average molecular weight is 290 g/mol. The fourth-order valence-electron chi connectivity index (χ4n) is 2.10. The maximum Gasteiger partial charge on any atom is 0.303 e. The van der Waals surface area contributed by atoms with Gasteiger partial charge in [0.25, 0.3) is 0 Å². The first kappa shape index (κ1) is 14.9. The second-order valence-corrected chi connectivity index (χ2v) is 4.76. The number of hydrogen-bond acceptors (Lipinski definition) is 4. The number of carbonyl (C=O) groups is 1. The molecule has 0 aromatic heterocycles. The van der Waals surface area contributed by atoms with Gasteiger partial charge in [-0.15, -0.1) is 0 Å². The van der Waals surface area contributed by atoms with Crippen LogP contribution >= 0.6 is 0 Å². The predicted molar refractivity (Wildman–Crippen MR) is 78.7 cm³/mol. The van der Waals surface area contributed by atoms with E-state index >= 15 is 0 Å². The van der Waals surface area contributed by atoms with Crippen molar-refractivity contribution in [2.45, 2.75) is 12.8 Å². The first-order valence-electron chi connectivity index (χ1n) is 6.75. The van der Waals surface area contributed by atoms with Crippen molar-refractivity contribution in [3.63, 3.8) is 0 Å². The third-order valence-corrected chi connectivity index (χ3v) is 3.27. The smallest absolute Gasteiger partial charge is 0.303 e. The second-order valence-electron chi connectivity index (χ2n) is 4.76. The normalized spacial score (nSPS) is 14.4. The lowest BCUT2D eigenvalue weighted by atomic mass is 10.1. The summed E-state index contributed by atoms with van der Waals surface area (Å²) in [5.74, 6) is 0.640. The number of ether oxygens (including phenoxy) is 1. The number of carboxylic acids is 1. The summed E-state index contributed by atoms with van der Waals surface area (Å²) in [6, 6.07) is 7.76.